The lowest BCUT2D eigenvalue weighted by molar-refractivity contribution is -0.139. The summed E-state index contributed by atoms with van der Waals surface area (Å²) in [7, 11) is -3.55. The first-order chi connectivity index (χ1) is 10.6. The van der Waals surface area contributed by atoms with Gasteiger partial charge in [0.05, 0.1) is 4.90 Å². The Morgan fingerprint density at radius 2 is 1.91 bits per heavy atom. The summed E-state index contributed by atoms with van der Waals surface area (Å²) in [5, 5.41) is 8.57. The molecular formula is C16H23NO5S. The van der Waals surface area contributed by atoms with E-state index in [9.17, 15) is 13.2 Å². The molecule has 1 atom stereocenters. The van der Waals surface area contributed by atoms with Gasteiger partial charge in [-0.15, -0.1) is 0 Å². The van der Waals surface area contributed by atoms with Crippen molar-refractivity contribution in [2.45, 2.75) is 38.6 Å². The highest BCUT2D eigenvalue weighted by molar-refractivity contribution is 7.89. The molecule has 1 unspecified atom stereocenters. The first-order valence-corrected chi connectivity index (χ1v) is 8.96. The van der Waals surface area contributed by atoms with Gasteiger partial charge in [-0.1, -0.05) is 27.7 Å². The van der Waals surface area contributed by atoms with Crippen LogP contribution in [0.2, 0.25) is 0 Å². The van der Waals surface area contributed by atoms with E-state index in [0.717, 1.165) is 0 Å². The number of carboxylic acids is 1. The predicted octanol–water partition coefficient (Wildman–Crippen LogP) is 2.21. The molecule has 1 fully saturated rings. The van der Waals surface area contributed by atoms with Crippen LogP contribution in [-0.2, 0) is 14.8 Å². The van der Waals surface area contributed by atoms with Gasteiger partial charge in [0.1, 0.15) is 5.75 Å². The van der Waals surface area contributed by atoms with E-state index in [2.05, 4.69) is 13.8 Å². The third-order valence-corrected chi connectivity index (χ3v) is 5.94. The number of hydrogen-bond acceptors (Lipinski definition) is 4. The summed E-state index contributed by atoms with van der Waals surface area (Å²) in [4.78, 5) is 10.7. The Kier molecular flexibility index (Phi) is 4.73. The van der Waals surface area contributed by atoms with Crippen LogP contribution in [-0.4, -0.2) is 43.0 Å². The molecule has 0 saturated carbocycles. The Balaban J connectivity index is 2.19. The quantitative estimate of drug-likeness (QED) is 0.857. The number of sulfonamides is 1. The molecule has 7 heteroatoms. The van der Waals surface area contributed by atoms with Crippen molar-refractivity contribution in [3.05, 3.63) is 24.3 Å². The smallest absolute Gasteiger partial charge is 0.341 e. The van der Waals surface area contributed by atoms with E-state index < -0.39 is 22.6 Å². The second-order valence-corrected chi connectivity index (χ2v) is 8.77. The summed E-state index contributed by atoms with van der Waals surface area (Å²) < 4.78 is 32.1. The van der Waals surface area contributed by atoms with Gasteiger partial charge in [-0.3, -0.25) is 0 Å². The Hall–Kier alpha value is -1.60. The van der Waals surface area contributed by atoms with Gasteiger partial charge in [-0.05, 0) is 35.6 Å². The number of aliphatic carboxylic acids is 1. The maximum absolute atomic E-state index is 12.8. The first-order valence-electron chi connectivity index (χ1n) is 7.52. The molecule has 1 aliphatic heterocycles. The number of rotatable bonds is 6. The van der Waals surface area contributed by atoms with Crippen LogP contribution in [0.4, 0.5) is 0 Å². The number of carbonyl (C=O) groups is 1. The van der Waals surface area contributed by atoms with Gasteiger partial charge in [0.15, 0.2) is 6.61 Å². The van der Waals surface area contributed by atoms with Gasteiger partial charge in [0.2, 0.25) is 10.0 Å². The standard InChI is InChI=1S/C16H23NO5S/c1-11(2)15-16(3,4)10-17(15)23(20,21)13-7-5-12(6-8-13)22-9-14(18)19/h5-8,11,15H,9-10H2,1-4H3,(H,18,19). The van der Waals surface area contributed by atoms with Crippen molar-refractivity contribution in [1.82, 2.24) is 4.31 Å². The molecular weight excluding hydrogens is 318 g/mol. The highest BCUT2D eigenvalue weighted by atomic mass is 32.2. The fraction of sp³-hybridized carbons (Fsp3) is 0.562. The van der Waals surface area contributed by atoms with E-state index in [1.807, 2.05) is 13.8 Å². The molecule has 1 aromatic carbocycles. The van der Waals surface area contributed by atoms with Gasteiger partial charge in [-0.25, -0.2) is 13.2 Å². The first kappa shape index (κ1) is 17.7. The molecule has 2 rings (SSSR count). The van der Waals surface area contributed by atoms with Crippen LogP contribution in [0.25, 0.3) is 0 Å². The second kappa shape index (κ2) is 6.13. The van der Waals surface area contributed by atoms with E-state index in [4.69, 9.17) is 9.84 Å². The van der Waals surface area contributed by atoms with Crippen molar-refractivity contribution in [1.29, 1.82) is 0 Å². The summed E-state index contributed by atoms with van der Waals surface area (Å²) in [6, 6.07) is 5.83. The topological polar surface area (TPSA) is 83.9 Å². The van der Waals surface area contributed by atoms with Gasteiger partial charge >= 0.3 is 5.97 Å². The molecule has 1 N–H and O–H groups in total. The third kappa shape index (κ3) is 3.50. The molecule has 0 radical (unpaired) electrons. The number of hydrogen-bond donors (Lipinski definition) is 1. The van der Waals surface area contributed by atoms with Gasteiger partial charge < -0.3 is 9.84 Å². The highest BCUT2D eigenvalue weighted by Crippen LogP contribution is 2.44. The zero-order valence-electron chi connectivity index (χ0n) is 13.8. The highest BCUT2D eigenvalue weighted by Gasteiger charge is 2.52. The number of ether oxygens (including phenoxy) is 1. The second-order valence-electron chi connectivity index (χ2n) is 6.88. The lowest BCUT2D eigenvalue weighted by Gasteiger charge is -2.55. The Bertz CT molecular complexity index is 679. The molecule has 0 amide bonds. The fourth-order valence-electron chi connectivity index (χ4n) is 3.33. The normalized spacial score (nSPS) is 21.0. The maximum atomic E-state index is 12.8. The largest absolute Gasteiger partial charge is 0.482 e. The summed E-state index contributed by atoms with van der Waals surface area (Å²) >= 11 is 0. The van der Waals surface area contributed by atoms with Crippen molar-refractivity contribution in [2.75, 3.05) is 13.2 Å². The minimum absolute atomic E-state index is 0.0320. The molecule has 1 heterocycles. The van der Waals surface area contributed by atoms with Gasteiger partial charge in [-0.2, -0.15) is 4.31 Å². The average Bonchev–Trinajstić information content (AvgIpc) is 2.42. The zero-order chi connectivity index (χ0) is 17.4. The zero-order valence-corrected chi connectivity index (χ0v) is 14.6. The molecule has 0 aromatic heterocycles. The number of carboxylic acid groups (broad SMARTS) is 1. The summed E-state index contributed by atoms with van der Waals surface area (Å²) in [6.45, 7) is 8.24. The molecule has 1 saturated heterocycles. The third-order valence-electron chi connectivity index (χ3n) is 4.10. The van der Waals surface area contributed by atoms with Crippen LogP contribution in [0, 0.1) is 11.3 Å². The molecule has 128 valence electrons. The van der Waals surface area contributed by atoms with Crippen molar-refractivity contribution >= 4 is 16.0 Å². The molecule has 1 aromatic rings. The lowest BCUT2D eigenvalue weighted by Crippen LogP contribution is -2.65. The summed E-state index contributed by atoms with van der Waals surface area (Å²) in [5.74, 6) is -0.522. The molecule has 0 aliphatic carbocycles. The molecule has 23 heavy (non-hydrogen) atoms. The van der Waals surface area contributed by atoms with E-state index >= 15 is 0 Å². The van der Waals surface area contributed by atoms with E-state index in [1.165, 1.54) is 24.3 Å². The predicted molar refractivity (Wildman–Crippen MR) is 85.9 cm³/mol. The van der Waals surface area contributed by atoms with Gasteiger partial charge in [0, 0.05) is 12.6 Å². The molecule has 0 spiro atoms. The summed E-state index contributed by atoms with van der Waals surface area (Å²) in [6.07, 6.45) is 0. The van der Waals surface area contributed by atoms with E-state index in [1.54, 1.807) is 4.31 Å². The number of benzene rings is 1. The van der Waals surface area contributed by atoms with Crippen molar-refractivity contribution in [3.63, 3.8) is 0 Å². The minimum atomic E-state index is -3.55. The van der Waals surface area contributed by atoms with Crippen LogP contribution >= 0.6 is 0 Å². The summed E-state index contributed by atoms with van der Waals surface area (Å²) in [5.41, 5.74) is -0.0359. The van der Waals surface area contributed by atoms with Crippen LogP contribution < -0.4 is 4.74 Å². The maximum Gasteiger partial charge on any atom is 0.341 e. The Morgan fingerprint density at radius 1 is 1.35 bits per heavy atom. The van der Waals surface area contributed by atoms with Crippen LogP contribution in [0.3, 0.4) is 0 Å². The fourth-order valence-corrected chi connectivity index (χ4v) is 5.41. The van der Waals surface area contributed by atoms with Crippen molar-refractivity contribution < 1.29 is 23.1 Å². The van der Waals surface area contributed by atoms with Crippen LogP contribution in [0.1, 0.15) is 27.7 Å². The average molecular weight is 341 g/mol. The monoisotopic (exact) mass is 341 g/mol. The van der Waals surface area contributed by atoms with Crippen LogP contribution in [0.5, 0.6) is 5.75 Å². The van der Waals surface area contributed by atoms with Crippen LogP contribution in [0.15, 0.2) is 29.2 Å². The SMILES string of the molecule is CC(C)C1N(S(=O)(=O)c2ccc(OCC(=O)O)cc2)CC1(C)C. The van der Waals surface area contributed by atoms with E-state index in [0.29, 0.717) is 12.3 Å². The number of nitrogens with zero attached hydrogens (tertiary/aromatic N) is 1. The molecule has 0 bridgehead atoms. The van der Waals surface area contributed by atoms with Crippen molar-refractivity contribution in [2.24, 2.45) is 11.3 Å². The van der Waals surface area contributed by atoms with Crippen molar-refractivity contribution in [3.8, 4) is 5.75 Å². The van der Waals surface area contributed by atoms with E-state index in [-0.39, 0.29) is 22.3 Å². The molecule has 1 aliphatic rings. The lowest BCUT2D eigenvalue weighted by atomic mass is 9.72. The Morgan fingerprint density at radius 3 is 2.35 bits per heavy atom. The minimum Gasteiger partial charge on any atom is -0.482 e. The Labute approximate surface area is 137 Å². The molecule has 6 nitrogen and oxygen atoms in total. The van der Waals surface area contributed by atoms with Gasteiger partial charge in [0.25, 0.3) is 0 Å².